The molecule has 0 atom stereocenters. The zero-order valence-corrected chi connectivity index (χ0v) is 11.6. The summed E-state index contributed by atoms with van der Waals surface area (Å²) in [6.07, 6.45) is 1.81. The van der Waals surface area contributed by atoms with Gasteiger partial charge < -0.3 is 9.67 Å². The average Bonchev–Trinajstić information content (AvgIpc) is 2.76. The molecule has 19 heavy (non-hydrogen) atoms. The molecule has 0 amide bonds. The van der Waals surface area contributed by atoms with Gasteiger partial charge in [0.1, 0.15) is 5.69 Å². The van der Waals surface area contributed by atoms with Crippen LogP contribution in [-0.2, 0) is 12.0 Å². The molecule has 0 fully saturated rings. The summed E-state index contributed by atoms with van der Waals surface area (Å²) in [7, 11) is 0. The Bertz CT molecular complexity index is 591. The Labute approximate surface area is 113 Å². The van der Waals surface area contributed by atoms with Gasteiger partial charge in [0.2, 0.25) is 0 Å². The van der Waals surface area contributed by atoms with Crippen LogP contribution in [-0.4, -0.2) is 15.6 Å². The maximum atomic E-state index is 11.1. The summed E-state index contributed by atoms with van der Waals surface area (Å²) in [4.78, 5) is 11.1. The SMILES string of the molecule is CC(C)(C)c1ccccc1Cn1cccc1C(=O)O. The van der Waals surface area contributed by atoms with Crippen LogP contribution >= 0.6 is 0 Å². The molecule has 1 aromatic heterocycles. The van der Waals surface area contributed by atoms with Crippen LogP contribution in [0.5, 0.6) is 0 Å². The summed E-state index contributed by atoms with van der Waals surface area (Å²) < 4.78 is 1.77. The molecular formula is C16H19NO2. The first-order valence-electron chi connectivity index (χ1n) is 6.36. The Balaban J connectivity index is 2.39. The number of nitrogens with zero attached hydrogens (tertiary/aromatic N) is 1. The van der Waals surface area contributed by atoms with Crippen LogP contribution in [0.3, 0.4) is 0 Å². The maximum absolute atomic E-state index is 11.1. The van der Waals surface area contributed by atoms with Crippen LogP contribution in [0, 0.1) is 0 Å². The van der Waals surface area contributed by atoms with Gasteiger partial charge in [-0.1, -0.05) is 45.0 Å². The number of rotatable bonds is 3. The summed E-state index contributed by atoms with van der Waals surface area (Å²) in [6.45, 7) is 7.08. The second-order valence-electron chi connectivity index (χ2n) is 5.73. The normalized spacial score (nSPS) is 11.5. The van der Waals surface area contributed by atoms with Crippen molar-refractivity contribution < 1.29 is 9.90 Å². The van der Waals surface area contributed by atoms with Crippen LogP contribution in [0.25, 0.3) is 0 Å². The number of hydrogen-bond acceptors (Lipinski definition) is 1. The van der Waals surface area contributed by atoms with E-state index in [1.165, 1.54) is 5.56 Å². The molecule has 1 aromatic carbocycles. The predicted molar refractivity (Wildman–Crippen MR) is 75.6 cm³/mol. The van der Waals surface area contributed by atoms with Crippen molar-refractivity contribution in [3.05, 3.63) is 59.4 Å². The Hall–Kier alpha value is -2.03. The van der Waals surface area contributed by atoms with Crippen molar-refractivity contribution in [3.63, 3.8) is 0 Å². The zero-order chi connectivity index (χ0) is 14.0. The molecule has 2 aromatic rings. The third-order valence-electron chi connectivity index (χ3n) is 3.21. The molecule has 0 aliphatic heterocycles. The Morgan fingerprint density at radius 1 is 1.16 bits per heavy atom. The molecule has 0 unspecified atom stereocenters. The predicted octanol–water partition coefficient (Wildman–Crippen LogP) is 3.53. The van der Waals surface area contributed by atoms with Crippen LogP contribution in [0.4, 0.5) is 0 Å². The number of carboxylic acids is 1. The highest BCUT2D eigenvalue weighted by Crippen LogP contribution is 2.26. The van der Waals surface area contributed by atoms with Gasteiger partial charge in [0.05, 0.1) is 0 Å². The van der Waals surface area contributed by atoms with E-state index in [2.05, 4.69) is 32.9 Å². The third-order valence-corrected chi connectivity index (χ3v) is 3.21. The molecule has 3 heteroatoms. The van der Waals surface area contributed by atoms with E-state index in [-0.39, 0.29) is 5.41 Å². The first-order valence-corrected chi connectivity index (χ1v) is 6.36. The summed E-state index contributed by atoms with van der Waals surface area (Å²) in [6, 6.07) is 11.6. The molecule has 1 N–H and O–H groups in total. The lowest BCUT2D eigenvalue weighted by molar-refractivity contribution is 0.0685. The lowest BCUT2D eigenvalue weighted by Crippen LogP contribution is -2.17. The van der Waals surface area contributed by atoms with Crippen LogP contribution in [0.1, 0.15) is 42.4 Å². The standard InChI is InChI=1S/C16H19NO2/c1-16(2,3)13-8-5-4-7-12(13)11-17-10-6-9-14(17)15(18)19/h4-10H,11H2,1-3H3,(H,18,19). The zero-order valence-electron chi connectivity index (χ0n) is 11.6. The first-order chi connectivity index (χ1) is 8.89. The number of aromatic nitrogens is 1. The molecule has 0 radical (unpaired) electrons. The maximum Gasteiger partial charge on any atom is 0.352 e. The molecule has 0 aliphatic carbocycles. The molecule has 0 saturated carbocycles. The van der Waals surface area contributed by atoms with Crippen molar-refractivity contribution >= 4 is 5.97 Å². The molecule has 1 heterocycles. The minimum Gasteiger partial charge on any atom is -0.477 e. The van der Waals surface area contributed by atoms with Crippen molar-refractivity contribution in [2.24, 2.45) is 0 Å². The second-order valence-corrected chi connectivity index (χ2v) is 5.73. The molecule has 3 nitrogen and oxygen atoms in total. The van der Waals surface area contributed by atoms with E-state index in [1.807, 2.05) is 18.3 Å². The minimum atomic E-state index is -0.891. The Kier molecular flexibility index (Phi) is 3.47. The van der Waals surface area contributed by atoms with E-state index < -0.39 is 5.97 Å². The molecule has 0 bridgehead atoms. The van der Waals surface area contributed by atoms with Gasteiger partial charge in [-0.3, -0.25) is 0 Å². The van der Waals surface area contributed by atoms with Gasteiger partial charge in [-0.05, 0) is 28.7 Å². The first kappa shape index (κ1) is 13.4. The number of carbonyl (C=O) groups is 1. The van der Waals surface area contributed by atoms with E-state index in [0.717, 1.165) is 5.56 Å². The largest absolute Gasteiger partial charge is 0.477 e. The van der Waals surface area contributed by atoms with E-state index >= 15 is 0 Å². The summed E-state index contributed by atoms with van der Waals surface area (Å²) >= 11 is 0. The molecule has 0 saturated heterocycles. The quantitative estimate of drug-likeness (QED) is 0.914. The van der Waals surface area contributed by atoms with E-state index in [4.69, 9.17) is 5.11 Å². The number of hydrogen-bond donors (Lipinski definition) is 1. The smallest absolute Gasteiger partial charge is 0.352 e. The van der Waals surface area contributed by atoms with Crippen molar-refractivity contribution in [1.82, 2.24) is 4.57 Å². The van der Waals surface area contributed by atoms with Crippen LogP contribution < -0.4 is 0 Å². The molecule has 0 aliphatic rings. The molecule has 100 valence electrons. The fraction of sp³-hybridized carbons (Fsp3) is 0.312. The summed E-state index contributed by atoms with van der Waals surface area (Å²) in [5.41, 5.74) is 2.78. The topological polar surface area (TPSA) is 42.2 Å². The highest BCUT2D eigenvalue weighted by atomic mass is 16.4. The van der Waals surface area contributed by atoms with Gasteiger partial charge >= 0.3 is 5.97 Å². The Morgan fingerprint density at radius 2 is 1.84 bits per heavy atom. The van der Waals surface area contributed by atoms with Crippen LogP contribution in [0.2, 0.25) is 0 Å². The summed E-state index contributed by atoms with van der Waals surface area (Å²) in [5.74, 6) is -0.891. The van der Waals surface area contributed by atoms with Gasteiger partial charge in [0, 0.05) is 12.7 Å². The highest BCUT2D eigenvalue weighted by Gasteiger charge is 2.18. The van der Waals surface area contributed by atoms with Gasteiger partial charge in [-0.15, -0.1) is 0 Å². The Morgan fingerprint density at radius 3 is 2.47 bits per heavy atom. The minimum absolute atomic E-state index is 0.0487. The number of aromatic carboxylic acids is 1. The lowest BCUT2D eigenvalue weighted by Gasteiger charge is -2.23. The van der Waals surface area contributed by atoms with Gasteiger partial charge in [-0.25, -0.2) is 4.79 Å². The molecule has 0 spiro atoms. The van der Waals surface area contributed by atoms with Crippen molar-refractivity contribution in [2.75, 3.05) is 0 Å². The van der Waals surface area contributed by atoms with Gasteiger partial charge in [-0.2, -0.15) is 0 Å². The van der Waals surface area contributed by atoms with Gasteiger partial charge in [0.15, 0.2) is 0 Å². The van der Waals surface area contributed by atoms with E-state index in [9.17, 15) is 4.79 Å². The van der Waals surface area contributed by atoms with Crippen LogP contribution in [0.15, 0.2) is 42.6 Å². The van der Waals surface area contributed by atoms with E-state index in [0.29, 0.717) is 12.2 Å². The second kappa shape index (κ2) is 4.92. The number of benzene rings is 1. The lowest BCUT2D eigenvalue weighted by atomic mass is 9.84. The fourth-order valence-corrected chi connectivity index (χ4v) is 2.32. The van der Waals surface area contributed by atoms with Crippen molar-refractivity contribution in [1.29, 1.82) is 0 Å². The van der Waals surface area contributed by atoms with Gasteiger partial charge in [0.25, 0.3) is 0 Å². The van der Waals surface area contributed by atoms with Crippen molar-refractivity contribution in [2.45, 2.75) is 32.7 Å². The molecular weight excluding hydrogens is 238 g/mol. The third kappa shape index (κ3) is 2.87. The molecule has 2 rings (SSSR count). The fourth-order valence-electron chi connectivity index (χ4n) is 2.32. The monoisotopic (exact) mass is 257 g/mol. The number of carboxylic acid groups (broad SMARTS) is 1. The summed E-state index contributed by atoms with van der Waals surface area (Å²) in [5, 5.41) is 9.14. The highest BCUT2D eigenvalue weighted by molar-refractivity contribution is 5.85. The van der Waals surface area contributed by atoms with E-state index in [1.54, 1.807) is 16.7 Å². The average molecular weight is 257 g/mol. The van der Waals surface area contributed by atoms with Crippen molar-refractivity contribution in [3.8, 4) is 0 Å².